The number of hydrogen-bond acceptors (Lipinski definition) is 2. The topological polar surface area (TPSA) is 21.3 Å². The SMILES string of the molecule is CCNC(CC(C)C)c1cc(F)ccc1OC. The molecule has 1 N–H and O–H groups in total. The first-order valence-electron chi connectivity index (χ1n) is 6.15. The Hall–Kier alpha value is -1.09. The predicted molar refractivity (Wildman–Crippen MR) is 68.8 cm³/mol. The summed E-state index contributed by atoms with van der Waals surface area (Å²) in [6.45, 7) is 7.24. The average molecular weight is 239 g/mol. The molecule has 0 aliphatic heterocycles. The minimum Gasteiger partial charge on any atom is -0.496 e. The zero-order valence-corrected chi connectivity index (χ0v) is 11.1. The van der Waals surface area contributed by atoms with Gasteiger partial charge in [0.1, 0.15) is 11.6 Å². The van der Waals surface area contributed by atoms with E-state index in [0.717, 1.165) is 24.3 Å². The number of methoxy groups -OCH3 is 1. The highest BCUT2D eigenvalue weighted by Crippen LogP contribution is 2.30. The predicted octanol–water partition coefficient (Wildman–Crippen LogP) is 3.53. The van der Waals surface area contributed by atoms with Crippen LogP contribution in [-0.2, 0) is 0 Å². The molecule has 0 fully saturated rings. The van der Waals surface area contributed by atoms with Gasteiger partial charge >= 0.3 is 0 Å². The van der Waals surface area contributed by atoms with E-state index in [0.29, 0.717) is 5.92 Å². The fraction of sp³-hybridized carbons (Fsp3) is 0.571. The maximum atomic E-state index is 13.3. The molecular weight excluding hydrogens is 217 g/mol. The molecule has 17 heavy (non-hydrogen) atoms. The first-order chi connectivity index (χ1) is 8.08. The molecule has 0 spiro atoms. The highest BCUT2D eigenvalue weighted by atomic mass is 19.1. The molecule has 0 saturated heterocycles. The first kappa shape index (κ1) is 14.0. The molecule has 1 rings (SSSR count). The summed E-state index contributed by atoms with van der Waals surface area (Å²) >= 11 is 0. The second-order valence-corrected chi connectivity index (χ2v) is 4.63. The molecule has 0 amide bonds. The molecule has 0 saturated carbocycles. The van der Waals surface area contributed by atoms with Crippen LogP contribution >= 0.6 is 0 Å². The molecule has 3 heteroatoms. The lowest BCUT2D eigenvalue weighted by Gasteiger charge is -2.22. The maximum absolute atomic E-state index is 13.3. The van der Waals surface area contributed by atoms with Crippen molar-refractivity contribution in [3.8, 4) is 5.75 Å². The molecule has 0 heterocycles. The molecule has 1 aromatic rings. The van der Waals surface area contributed by atoms with Gasteiger partial charge in [0, 0.05) is 11.6 Å². The minimum absolute atomic E-state index is 0.144. The Balaban J connectivity index is 3.02. The third-order valence-electron chi connectivity index (χ3n) is 2.72. The quantitative estimate of drug-likeness (QED) is 0.820. The van der Waals surface area contributed by atoms with Crippen LogP contribution in [0.25, 0.3) is 0 Å². The number of nitrogens with one attached hydrogen (secondary N) is 1. The van der Waals surface area contributed by atoms with Gasteiger partial charge in [-0.2, -0.15) is 0 Å². The summed E-state index contributed by atoms with van der Waals surface area (Å²) in [5.41, 5.74) is 0.906. The maximum Gasteiger partial charge on any atom is 0.123 e. The molecule has 1 unspecified atom stereocenters. The van der Waals surface area contributed by atoms with Crippen LogP contribution in [0.4, 0.5) is 4.39 Å². The normalized spacial score (nSPS) is 12.8. The zero-order chi connectivity index (χ0) is 12.8. The first-order valence-corrected chi connectivity index (χ1v) is 6.15. The Bertz CT molecular complexity index is 352. The summed E-state index contributed by atoms with van der Waals surface area (Å²) < 4.78 is 18.6. The lowest BCUT2D eigenvalue weighted by molar-refractivity contribution is 0.382. The molecule has 2 nitrogen and oxygen atoms in total. The summed E-state index contributed by atoms with van der Waals surface area (Å²) in [6, 6.07) is 4.83. The summed E-state index contributed by atoms with van der Waals surface area (Å²) in [7, 11) is 1.62. The molecule has 0 aliphatic rings. The van der Waals surface area contributed by atoms with Crippen molar-refractivity contribution in [2.24, 2.45) is 5.92 Å². The van der Waals surface area contributed by atoms with E-state index < -0.39 is 0 Å². The molecule has 1 atom stereocenters. The Labute approximate surface area is 103 Å². The van der Waals surface area contributed by atoms with Gasteiger partial charge in [0.2, 0.25) is 0 Å². The van der Waals surface area contributed by atoms with Crippen LogP contribution in [0, 0.1) is 11.7 Å². The van der Waals surface area contributed by atoms with Gasteiger partial charge in [-0.25, -0.2) is 4.39 Å². The average Bonchev–Trinajstić information content (AvgIpc) is 2.28. The van der Waals surface area contributed by atoms with Gasteiger partial charge < -0.3 is 10.1 Å². The summed E-state index contributed by atoms with van der Waals surface area (Å²) in [6.07, 6.45) is 0.966. The molecule has 0 radical (unpaired) electrons. The second kappa shape index (κ2) is 6.60. The smallest absolute Gasteiger partial charge is 0.123 e. The van der Waals surface area contributed by atoms with Crippen molar-refractivity contribution in [3.05, 3.63) is 29.6 Å². The van der Waals surface area contributed by atoms with Gasteiger partial charge in [-0.3, -0.25) is 0 Å². The molecule has 0 aliphatic carbocycles. The highest BCUT2D eigenvalue weighted by Gasteiger charge is 2.17. The van der Waals surface area contributed by atoms with Crippen molar-refractivity contribution < 1.29 is 9.13 Å². The van der Waals surface area contributed by atoms with E-state index >= 15 is 0 Å². The Morgan fingerprint density at radius 2 is 2.06 bits per heavy atom. The summed E-state index contributed by atoms with van der Waals surface area (Å²) in [5, 5.41) is 3.39. The van der Waals surface area contributed by atoms with E-state index in [4.69, 9.17) is 4.74 Å². The minimum atomic E-state index is -0.215. The van der Waals surface area contributed by atoms with Crippen LogP contribution in [-0.4, -0.2) is 13.7 Å². The van der Waals surface area contributed by atoms with Crippen molar-refractivity contribution in [1.82, 2.24) is 5.32 Å². The number of ether oxygens (including phenoxy) is 1. The van der Waals surface area contributed by atoms with E-state index in [1.165, 1.54) is 6.07 Å². The standard InChI is InChI=1S/C14H22FNO/c1-5-16-13(8-10(2)3)12-9-11(15)6-7-14(12)17-4/h6-7,9-10,13,16H,5,8H2,1-4H3. The third-order valence-corrected chi connectivity index (χ3v) is 2.72. The van der Waals surface area contributed by atoms with Crippen molar-refractivity contribution in [2.75, 3.05) is 13.7 Å². The van der Waals surface area contributed by atoms with Crippen LogP contribution in [0.2, 0.25) is 0 Å². The summed E-state index contributed by atoms with van der Waals surface area (Å²) in [4.78, 5) is 0. The van der Waals surface area contributed by atoms with Gasteiger partial charge in [-0.1, -0.05) is 20.8 Å². The third kappa shape index (κ3) is 4.00. The van der Waals surface area contributed by atoms with Gasteiger partial charge in [0.25, 0.3) is 0 Å². The molecular formula is C14H22FNO. The van der Waals surface area contributed by atoms with E-state index in [-0.39, 0.29) is 11.9 Å². The zero-order valence-electron chi connectivity index (χ0n) is 11.1. The Morgan fingerprint density at radius 1 is 1.35 bits per heavy atom. The lowest BCUT2D eigenvalue weighted by Crippen LogP contribution is -2.23. The molecule has 0 aromatic heterocycles. The largest absolute Gasteiger partial charge is 0.496 e. The van der Waals surface area contributed by atoms with Crippen LogP contribution in [0.1, 0.15) is 38.8 Å². The van der Waals surface area contributed by atoms with Crippen LogP contribution < -0.4 is 10.1 Å². The van der Waals surface area contributed by atoms with Gasteiger partial charge in [-0.15, -0.1) is 0 Å². The monoisotopic (exact) mass is 239 g/mol. The van der Waals surface area contributed by atoms with E-state index in [9.17, 15) is 4.39 Å². The number of rotatable bonds is 6. The number of benzene rings is 1. The van der Waals surface area contributed by atoms with Crippen molar-refractivity contribution in [3.63, 3.8) is 0 Å². The highest BCUT2D eigenvalue weighted by molar-refractivity contribution is 5.36. The van der Waals surface area contributed by atoms with E-state index in [1.807, 2.05) is 0 Å². The molecule has 0 bridgehead atoms. The van der Waals surface area contributed by atoms with Gasteiger partial charge in [0.05, 0.1) is 7.11 Å². The van der Waals surface area contributed by atoms with E-state index in [1.54, 1.807) is 19.2 Å². The second-order valence-electron chi connectivity index (χ2n) is 4.63. The van der Waals surface area contributed by atoms with Crippen molar-refractivity contribution in [1.29, 1.82) is 0 Å². The van der Waals surface area contributed by atoms with Crippen molar-refractivity contribution >= 4 is 0 Å². The van der Waals surface area contributed by atoms with Crippen molar-refractivity contribution in [2.45, 2.75) is 33.2 Å². The van der Waals surface area contributed by atoms with E-state index in [2.05, 4.69) is 26.1 Å². The van der Waals surface area contributed by atoms with Crippen LogP contribution in [0.3, 0.4) is 0 Å². The van der Waals surface area contributed by atoms with Gasteiger partial charge in [0.15, 0.2) is 0 Å². The fourth-order valence-corrected chi connectivity index (χ4v) is 2.02. The van der Waals surface area contributed by atoms with Crippen LogP contribution in [0.15, 0.2) is 18.2 Å². The molecule has 1 aromatic carbocycles. The lowest BCUT2D eigenvalue weighted by atomic mass is 9.96. The number of hydrogen-bond donors (Lipinski definition) is 1. The fourth-order valence-electron chi connectivity index (χ4n) is 2.02. The Morgan fingerprint density at radius 3 is 2.59 bits per heavy atom. The number of halogens is 1. The molecule has 96 valence electrons. The Kier molecular flexibility index (Phi) is 5.42. The van der Waals surface area contributed by atoms with Gasteiger partial charge in [-0.05, 0) is 37.1 Å². The van der Waals surface area contributed by atoms with Crippen LogP contribution in [0.5, 0.6) is 5.75 Å². The summed E-state index contributed by atoms with van der Waals surface area (Å²) in [5.74, 6) is 1.08.